The largest absolute Gasteiger partial charge is 0.462 e. The fourth-order valence-electron chi connectivity index (χ4n) is 8.27. The summed E-state index contributed by atoms with van der Waals surface area (Å²) in [6.45, 7) is 6.35. The number of rotatable bonds is 56. The molecule has 0 N–H and O–H groups in total. The highest BCUT2D eigenvalue weighted by molar-refractivity contribution is 5.71. The zero-order chi connectivity index (χ0) is 57.1. The van der Waals surface area contributed by atoms with Gasteiger partial charge in [-0.3, -0.25) is 14.4 Å². The summed E-state index contributed by atoms with van der Waals surface area (Å²) in [5.74, 6) is -0.984. The van der Waals surface area contributed by atoms with Crippen LogP contribution in [-0.2, 0) is 28.6 Å². The Hall–Kier alpha value is -4.97. The second kappa shape index (κ2) is 65.5. The van der Waals surface area contributed by atoms with Crippen LogP contribution in [0.4, 0.5) is 0 Å². The third-order valence-corrected chi connectivity index (χ3v) is 13.0. The molecule has 0 aromatic heterocycles. The van der Waals surface area contributed by atoms with E-state index in [0.29, 0.717) is 19.3 Å². The third-order valence-electron chi connectivity index (χ3n) is 13.0. The maximum Gasteiger partial charge on any atom is 0.306 e. The lowest BCUT2D eigenvalue weighted by Crippen LogP contribution is -2.30. The summed E-state index contributed by atoms with van der Waals surface area (Å²) >= 11 is 0. The van der Waals surface area contributed by atoms with E-state index in [9.17, 15) is 14.4 Å². The minimum atomic E-state index is -0.821. The normalized spacial score (nSPS) is 13.2. The van der Waals surface area contributed by atoms with Crippen molar-refractivity contribution >= 4 is 17.9 Å². The molecule has 1 atom stereocenters. The van der Waals surface area contributed by atoms with Crippen LogP contribution in [0.2, 0.25) is 0 Å². The molecule has 6 heteroatoms. The lowest BCUT2D eigenvalue weighted by molar-refractivity contribution is -0.167. The first-order valence-electron chi connectivity index (χ1n) is 32.0. The molecule has 0 radical (unpaired) electrons. The Labute approximate surface area is 486 Å². The summed E-state index contributed by atoms with van der Waals surface area (Å²) in [7, 11) is 0. The molecule has 1 unspecified atom stereocenters. The second-order valence-electron chi connectivity index (χ2n) is 20.5. The van der Waals surface area contributed by atoms with E-state index in [1.165, 1.54) is 77.0 Å². The van der Waals surface area contributed by atoms with E-state index in [0.717, 1.165) is 141 Å². The average Bonchev–Trinajstić information content (AvgIpc) is 3.45. The quantitative estimate of drug-likeness (QED) is 0.0261. The zero-order valence-electron chi connectivity index (χ0n) is 50.8. The summed E-state index contributed by atoms with van der Waals surface area (Å²) in [6, 6.07) is 0. The van der Waals surface area contributed by atoms with E-state index >= 15 is 0 Å². The number of hydrogen-bond donors (Lipinski definition) is 0. The summed E-state index contributed by atoms with van der Waals surface area (Å²) < 4.78 is 16.9. The number of esters is 3. The molecule has 0 aromatic rings. The Morgan fingerprint density at radius 1 is 0.266 bits per heavy atom. The fourth-order valence-corrected chi connectivity index (χ4v) is 8.27. The van der Waals surface area contributed by atoms with Gasteiger partial charge in [-0.15, -0.1) is 0 Å². The molecule has 0 aliphatic heterocycles. The second-order valence-corrected chi connectivity index (χ2v) is 20.5. The van der Waals surface area contributed by atoms with Crippen molar-refractivity contribution in [3.63, 3.8) is 0 Å². The molecule has 444 valence electrons. The molecule has 0 aromatic carbocycles. The first-order chi connectivity index (χ1) is 39.0. The Morgan fingerprint density at radius 2 is 0.494 bits per heavy atom. The fraction of sp³-hybridized carbons (Fsp3) is 0.603. The van der Waals surface area contributed by atoms with Gasteiger partial charge < -0.3 is 14.2 Å². The maximum atomic E-state index is 12.9. The van der Waals surface area contributed by atoms with Gasteiger partial charge >= 0.3 is 17.9 Å². The lowest BCUT2D eigenvalue weighted by Gasteiger charge is -2.18. The Bertz CT molecular complexity index is 1780. The zero-order valence-corrected chi connectivity index (χ0v) is 50.8. The average molecular weight is 1090 g/mol. The van der Waals surface area contributed by atoms with E-state index in [1.807, 2.05) is 0 Å². The number of carbonyl (C=O) groups excluding carboxylic acids is 3. The first kappa shape index (κ1) is 74.0. The van der Waals surface area contributed by atoms with Crippen LogP contribution < -0.4 is 0 Å². The van der Waals surface area contributed by atoms with Crippen LogP contribution in [0.3, 0.4) is 0 Å². The molecule has 0 aliphatic carbocycles. The summed E-state index contributed by atoms with van der Waals surface area (Å²) in [5.41, 5.74) is 0. The molecular formula is C73H116O6. The van der Waals surface area contributed by atoms with Crippen LogP contribution in [-0.4, -0.2) is 37.2 Å². The van der Waals surface area contributed by atoms with Crippen molar-refractivity contribution in [1.82, 2.24) is 0 Å². The standard InChI is InChI=1S/C73H116O6/c1-4-7-10-13-16-19-22-25-28-31-33-34-35-36-37-38-40-42-45-48-51-54-57-60-63-66-72(75)78-69-70(68-77-71(74)65-62-59-56-53-50-47-44-41-30-27-24-21-18-15-12-9-6-3)79-73(76)67-64-61-58-55-52-49-46-43-39-32-29-26-23-20-17-14-11-8-5-2/h7-8,10-11,16-17,19-20,25-30,33-34,36-37,39-40,42-43,48-49,51-52,70H,4-6,9,12-15,18,21-24,31-32,35,38,41,44-47,50,53-69H2,1-3H3/b10-7-,11-8-,19-16-,20-17-,28-25-,29-26-,30-27-,34-33-,37-36-,42-40-,43-39-,51-48-,52-49-. The molecule has 0 saturated heterocycles. The van der Waals surface area contributed by atoms with Crippen molar-refractivity contribution < 1.29 is 28.6 Å². The van der Waals surface area contributed by atoms with Gasteiger partial charge in [-0.05, 0) is 148 Å². The van der Waals surface area contributed by atoms with Crippen LogP contribution in [0.1, 0.15) is 265 Å². The number of unbranched alkanes of at least 4 members (excludes halogenated alkanes) is 19. The van der Waals surface area contributed by atoms with Gasteiger partial charge in [0.1, 0.15) is 13.2 Å². The van der Waals surface area contributed by atoms with E-state index in [-0.39, 0.29) is 37.5 Å². The molecule has 0 fully saturated rings. The highest BCUT2D eigenvalue weighted by Gasteiger charge is 2.19. The van der Waals surface area contributed by atoms with Gasteiger partial charge in [0.2, 0.25) is 0 Å². The number of ether oxygens (including phenoxy) is 3. The first-order valence-corrected chi connectivity index (χ1v) is 32.0. The molecule has 0 heterocycles. The van der Waals surface area contributed by atoms with Crippen molar-refractivity contribution in [2.75, 3.05) is 13.2 Å². The van der Waals surface area contributed by atoms with Gasteiger partial charge in [0.15, 0.2) is 6.10 Å². The Morgan fingerprint density at radius 3 is 0.797 bits per heavy atom. The molecular weight excluding hydrogens is 973 g/mol. The molecule has 0 amide bonds. The molecule has 0 bridgehead atoms. The van der Waals surface area contributed by atoms with E-state index in [2.05, 4.69) is 179 Å². The van der Waals surface area contributed by atoms with Crippen LogP contribution in [0.15, 0.2) is 158 Å². The molecule has 0 saturated carbocycles. The number of hydrogen-bond acceptors (Lipinski definition) is 6. The van der Waals surface area contributed by atoms with Crippen LogP contribution in [0.25, 0.3) is 0 Å². The van der Waals surface area contributed by atoms with Crippen LogP contribution in [0.5, 0.6) is 0 Å². The van der Waals surface area contributed by atoms with Crippen molar-refractivity contribution in [2.24, 2.45) is 0 Å². The van der Waals surface area contributed by atoms with Crippen molar-refractivity contribution in [3.05, 3.63) is 158 Å². The Balaban J connectivity index is 4.54. The van der Waals surface area contributed by atoms with Gasteiger partial charge in [0, 0.05) is 19.3 Å². The summed E-state index contributed by atoms with van der Waals surface area (Å²) in [6.07, 6.45) is 95.2. The lowest BCUT2D eigenvalue weighted by atomic mass is 10.1. The predicted molar refractivity (Wildman–Crippen MR) is 343 cm³/mol. The topological polar surface area (TPSA) is 78.9 Å². The smallest absolute Gasteiger partial charge is 0.306 e. The van der Waals surface area contributed by atoms with Crippen LogP contribution >= 0.6 is 0 Å². The van der Waals surface area contributed by atoms with Gasteiger partial charge in [0.25, 0.3) is 0 Å². The molecule has 0 spiro atoms. The van der Waals surface area contributed by atoms with Gasteiger partial charge in [0.05, 0.1) is 0 Å². The van der Waals surface area contributed by atoms with E-state index in [1.54, 1.807) is 0 Å². The summed E-state index contributed by atoms with van der Waals surface area (Å²) in [5, 5.41) is 0. The van der Waals surface area contributed by atoms with Gasteiger partial charge in [-0.1, -0.05) is 256 Å². The van der Waals surface area contributed by atoms with Crippen molar-refractivity contribution in [1.29, 1.82) is 0 Å². The van der Waals surface area contributed by atoms with Gasteiger partial charge in [-0.25, -0.2) is 0 Å². The number of allylic oxidation sites excluding steroid dienone is 26. The SMILES string of the molecule is CC/C=C\C/C=C\C/C=C\C/C=C\C/C=C\C/C=C\C/C=C\CCCCCC(=O)OCC(COC(=O)CCCCCCCCC/C=C\CCCCCCCC)OC(=O)CCCCC/C=C\C/C=C\C/C=C\C/C=C\C/C=C\CC. The minimum Gasteiger partial charge on any atom is -0.462 e. The van der Waals surface area contributed by atoms with Crippen molar-refractivity contribution in [2.45, 2.75) is 271 Å². The molecule has 6 nitrogen and oxygen atoms in total. The number of carbonyl (C=O) groups is 3. The van der Waals surface area contributed by atoms with Gasteiger partial charge in [-0.2, -0.15) is 0 Å². The Kier molecular flexibility index (Phi) is 61.4. The highest BCUT2D eigenvalue weighted by atomic mass is 16.6. The molecule has 0 rings (SSSR count). The van der Waals surface area contributed by atoms with Crippen LogP contribution in [0, 0.1) is 0 Å². The monoisotopic (exact) mass is 1090 g/mol. The van der Waals surface area contributed by atoms with Crippen molar-refractivity contribution in [3.8, 4) is 0 Å². The highest BCUT2D eigenvalue weighted by Crippen LogP contribution is 2.14. The van der Waals surface area contributed by atoms with E-state index in [4.69, 9.17) is 14.2 Å². The predicted octanol–water partition coefficient (Wildman–Crippen LogP) is 22.1. The van der Waals surface area contributed by atoms with E-state index < -0.39 is 6.10 Å². The molecule has 79 heavy (non-hydrogen) atoms. The maximum absolute atomic E-state index is 12.9. The molecule has 0 aliphatic rings. The minimum absolute atomic E-state index is 0.111. The third kappa shape index (κ3) is 63.7. The summed E-state index contributed by atoms with van der Waals surface area (Å²) in [4.78, 5) is 38.3.